The molecule has 0 heterocycles. The summed E-state index contributed by atoms with van der Waals surface area (Å²) in [6.07, 6.45) is 11.1. The Morgan fingerprint density at radius 1 is 0.509 bits per heavy atom. The van der Waals surface area contributed by atoms with Gasteiger partial charge < -0.3 is 19.5 Å². The van der Waals surface area contributed by atoms with E-state index in [0.29, 0.717) is 81.8 Å². The molecule has 0 saturated heterocycles. The summed E-state index contributed by atoms with van der Waals surface area (Å²) in [5.74, 6) is -11.1. The van der Waals surface area contributed by atoms with Crippen LogP contribution < -0.4 is 4.18 Å². The van der Waals surface area contributed by atoms with Gasteiger partial charge in [0.1, 0.15) is 4.90 Å². The van der Waals surface area contributed by atoms with Crippen molar-refractivity contribution in [3.63, 3.8) is 0 Å². The van der Waals surface area contributed by atoms with Crippen molar-refractivity contribution < 1.29 is 58.5 Å². The van der Waals surface area contributed by atoms with Gasteiger partial charge in [-0.15, -0.1) is 0 Å². The molecule has 4 N–H and O–H groups in total. The maximum Gasteiger partial charge on any atom is 0.340 e. The first-order chi connectivity index (χ1) is 26.5. The summed E-state index contributed by atoms with van der Waals surface area (Å²) in [4.78, 5) is -2.68. The molecule has 6 unspecified atom stereocenters. The van der Waals surface area contributed by atoms with Gasteiger partial charge in [0.05, 0.1) is 16.8 Å². The summed E-state index contributed by atoms with van der Waals surface area (Å²) in [5.41, 5.74) is -3.83. The number of halogens is 4. The SMILES string of the molecule is O=S(=O)(O)c1c(F)c(F)c(OS(=O)(=O)c2c(C34CC5CC(CC(O)(C5)C3)C4)cc(C34CC5CC(CC(O)(C5)C3)C4)cc2C23CC4CC(CC(O)(C4)C2)C3)c(F)c1F. The minimum absolute atomic E-state index is 0.0754. The maximum atomic E-state index is 15.7. The molecule has 0 amide bonds. The summed E-state index contributed by atoms with van der Waals surface area (Å²) in [6.45, 7) is 0. The topological polar surface area (TPSA) is 158 Å². The van der Waals surface area contributed by atoms with Crippen LogP contribution in [-0.2, 0) is 36.5 Å². The second kappa shape index (κ2) is 11.3. The first-order valence-electron chi connectivity index (χ1n) is 20.7. The van der Waals surface area contributed by atoms with Crippen molar-refractivity contribution in [2.45, 2.75) is 158 Å². The molecule has 0 spiro atoms. The lowest BCUT2D eigenvalue weighted by molar-refractivity contribution is -0.140. The predicted octanol–water partition coefficient (Wildman–Crippen LogP) is 7.01. The average Bonchev–Trinajstić information content (AvgIpc) is 3.05. The molecule has 0 radical (unpaired) electrons. The Balaban J connectivity index is 1.18. The van der Waals surface area contributed by atoms with Gasteiger partial charge in [-0.3, -0.25) is 4.55 Å². The van der Waals surface area contributed by atoms with Gasteiger partial charge in [0.15, 0.2) is 16.5 Å². The van der Waals surface area contributed by atoms with Crippen molar-refractivity contribution >= 4 is 20.2 Å². The molecule has 310 valence electrons. The van der Waals surface area contributed by atoms with Gasteiger partial charge >= 0.3 is 20.2 Å². The zero-order chi connectivity index (χ0) is 40.1. The molecule has 14 rings (SSSR count). The second-order valence-electron chi connectivity index (χ2n) is 21.2. The summed E-state index contributed by atoms with van der Waals surface area (Å²) in [5, 5.41) is 36.0. The molecule has 12 bridgehead atoms. The monoisotopic (exact) mass is 836 g/mol. The van der Waals surface area contributed by atoms with Crippen LogP contribution in [-0.4, -0.2) is 53.5 Å². The van der Waals surface area contributed by atoms with Gasteiger partial charge in [-0.05, 0) is 173 Å². The maximum absolute atomic E-state index is 15.7. The van der Waals surface area contributed by atoms with Crippen LogP contribution in [0.2, 0.25) is 0 Å². The molecule has 2 aromatic rings. The average molecular weight is 837 g/mol. The van der Waals surface area contributed by atoms with Crippen LogP contribution in [0.4, 0.5) is 17.6 Å². The van der Waals surface area contributed by atoms with E-state index in [1.165, 1.54) is 0 Å². The van der Waals surface area contributed by atoms with E-state index >= 15 is 26.0 Å². The normalized spacial score (nSPS) is 45.0. The molecule has 12 saturated carbocycles. The Morgan fingerprint density at radius 3 is 1.18 bits per heavy atom. The van der Waals surface area contributed by atoms with Crippen LogP contribution in [0.3, 0.4) is 0 Å². The number of aliphatic hydroxyl groups is 3. The summed E-state index contributed by atoms with van der Waals surface area (Å²) in [6, 6.07) is 3.77. The Kier molecular flexibility index (Phi) is 7.49. The fourth-order valence-electron chi connectivity index (χ4n) is 16.6. The lowest BCUT2D eigenvalue weighted by Gasteiger charge is -2.63. The quantitative estimate of drug-likeness (QED) is 0.0998. The number of hydrogen-bond donors (Lipinski definition) is 4. The van der Waals surface area contributed by atoms with Crippen LogP contribution >= 0.6 is 0 Å². The molecule has 0 aliphatic heterocycles. The third kappa shape index (κ3) is 5.42. The van der Waals surface area contributed by atoms with Gasteiger partial charge in [0.2, 0.25) is 17.4 Å². The zero-order valence-corrected chi connectivity index (χ0v) is 33.1. The van der Waals surface area contributed by atoms with Gasteiger partial charge in [-0.2, -0.15) is 25.6 Å². The molecule has 15 heteroatoms. The fraction of sp³-hybridized carbons (Fsp3) is 0.714. The van der Waals surface area contributed by atoms with E-state index in [2.05, 4.69) is 0 Å². The van der Waals surface area contributed by atoms with E-state index in [4.69, 9.17) is 4.18 Å². The standard InChI is InChI=1S/C42H48F4O9S2/c43-30-32(45)36(56(50,51)52)33(46)31(44)34(30)55-57(53,54)35-28(38-8-23-2-24(9-38)15-41(48,14-23)19-38)4-27(37-6-21-1-22(7-37)13-40(47,12-21)18-37)5-29(35)39-10-25-3-26(11-39)17-42(49,16-25)20-39/h4-5,21-26,47-49H,1-3,6-20H2,(H,50,51,52). The zero-order valence-electron chi connectivity index (χ0n) is 31.5. The lowest BCUT2D eigenvalue weighted by Crippen LogP contribution is -2.59. The minimum Gasteiger partial charge on any atom is -0.390 e. The van der Waals surface area contributed by atoms with Crippen LogP contribution in [0.1, 0.15) is 132 Å². The molecule has 12 aliphatic rings. The van der Waals surface area contributed by atoms with E-state index in [1.54, 1.807) is 0 Å². The molecule has 2 aromatic carbocycles. The van der Waals surface area contributed by atoms with Gasteiger partial charge in [-0.25, -0.2) is 8.78 Å². The third-order valence-corrected chi connectivity index (χ3v) is 19.0. The van der Waals surface area contributed by atoms with E-state index in [-0.39, 0.29) is 53.2 Å². The molecular weight excluding hydrogens is 789 g/mol. The van der Waals surface area contributed by atoms with Gasteiger partial charge in [0, 0.05) is 10.8 Å². The Hall–Kier alpha value is -2.30. The molecule has 12 aliphatic carbocycles. The van der Waals surface area contributed by atoms with Crippen LogP contribution in [0, 0.1) is 58.8 Å². The molecular formula is C42H48F4O9S2. The number of hydrogen-bond acceptors (Lipinski definition) is 8. The third-order valence-electron chi connectivity index (χ3n) is 16.8. The van der Waals surface area contributed by atoms with Crippen LogP contribution in [0.25, 0.3) is 0 Å². The first-order valence-corrected chi connectivity index (χ1v) is 23.5. The van der Waals surface area contributed by atoms with Crippen molar-refractivity contribution in [1.29, 1.82) is 0 Å². The predicted molar refractivity (Wildman–Crippen MR) is 194 cm³/mol. The van der Waals surface area contributed by atoms with E-state index in [0.717, 1.165) is 37.7 Å². The van der Waals surface area contributed by atoms with Crippen molar-refractivity contribution in [1.82, 2.24) is 0 Å². The fourth-order valence-corrected chi connectivity index (χ4v) is 18.8. The molecule has 57 heavy (non-hydrogen) atoms. The van der Waals surface area contributed by atoms with Crippen LogP contribution in [0.5, 0.6) is 5.75 Å². The summed E-state index contributed by atoms with van der Waals surface area (Å²) in [7, 11) is -11.3. The van der Waals surface area contributed by atoms with E-state index < -0.39 is 87.2 Å². The highest BCUT2D eigenvalue weighted by molar-refractivity contribution is 7.87. The van der Waals surface area contributed by atoms with Crippen LogP contribution in [0.15, 0.2) is 21.9 Å². The Labute approximate surface area is 329 Å². The smallest absolute Gasteiger partial charge is 0.340 e. The molecule has 12 fully saturated rings. The lowest BCUT2D eigenvalue weighted by atomic mass is 9.43. The van der Waals surface area contributed by atoms with Crippen molar-refractivity contribution in [3.8, 4) is 5.75 Å². The molecule has 0 aromatic heterocycles. The van der Waals surface area contributed by atoms with Crippen molar-refractivity contribution in [2.24, 2.45) is 35.5 Å². The highest BCUT2D eigenvalue weighted by Gasteiger charge is 2.64. The highest BCUT2D eigenvalue weighted by atomic mass is 32.2. The minimum atomic E-state index is -5.83. The van der Waals surface area contributed by atoms with E-state index in [9.17, 15) is 28.3 Å². The van der Waals surface area contributed by atoms with Crippen molar-refractivity contribution in [3.05, 3.63) is 52.1 Å². The Morgan fingerprint density at radius 2 is 0.842 bits per heavy atom. The summed E-state index contributed by atoms with van der Waals surface area (Å²) < 4.78 is 130. The van der Waals surface area contributed by atoms with Crippen molar-refractivity contribution in [2.75, 3.05) is 0 Å². The number of rotatable bonds is 7. The van der Waals surface area contributed by atoms with E-state index in [1.807, 2.05) is 12.1 Å². The van der Waals surface area contributed by atoms with Gasteiger partial charge in [-0.1, -0.05) is 12.1 Å². The summed E-state index contributed by atoms with van der Waals surface area (Å²) >= 11 is 0. The highest BCUT2D eigenvalue weighted by Crippen LogP contribution is 2.68. The number of benzene rings is 2. The second-order valence-corrected chi connectivity index (χ2v) is 24.1. The largest absolute Gasteiger partial charge is 0.390 e. The molecule has 6 atom stereocenters. The van der Waals surface area contributed by atoms with Gasteiger partial charge in [0.25, 0.3) is 0 Å². The Bertz CT molecular complexity index is 2240. The molecule has 9 nitrogen and oxygen atoms in total. The first kappa shape index (κ1) is 37.7.